The molecule has 6 nitrogen and oxygen atoms in total. The van der Waals surface area contributed by atoms with Gasteiger partial charge < -0.3 is 14.7 Å². The van der Waals surface area contributed by atoms with Gasteiger partial charge in [0.2, 0.25) is 5.91 Å². The van der Waals surface area contributed by atoms with E-state index in [2.05, 4.69) is 5.10 Å². The van der Waals surface area contributed by atoms with Crippen molar-refractivity contribution in [1.29, 1.82) is 0 Å². The van der Waals surface area contributed by atoms with E-state index >= 15 is 0 Å². The van der Waals surface area contributed by atoms with Crippen molar-refractivity contribution in [3.63, 3.8) is 0 Å². The van der Waals surface area contributed by atoms with Crippen LogP contribution in [0.4, 0.5) is 0 Å². The number of hydrogen-bond donors (Lipinski definition) is 1. The van der Waals surface area contributed by atoms with Gasteiger partial charge in [-0.05, 0) is 31.5 Å². The van der Waals surface area contributed by atoms with Crippen LogP contribution in [0.25, 0.3) is 5.69 Å². The number of aliphatic hydroxyl groups is 1. The lowest BCUT2D eigenvalue weighted by Crippen LogP contribution is -2.50. The highest BCUT2D eigenvalue weighted by atomic mass is 16.5. The molecule has 0 spiro atoms. The van der Waals surface area contributed by atoms with Gasteiger partial charge in [-0.2, -0.15) is 5.10 Å². The van der Waals surface area contributed by atoms with Crippen LogP contribution in [0.5, 0.6) is 0 Å². The van der Waals surface area contributed by atoms with Gasteiger partial charge in [0, 0.05) is 17.8 Å². The standard InChI is InChI=1S/C24H27N3O3/c1-17-21(18(2)27(25-17)20-11-7-4-8-12-20)15-23(29)26-13-14-30-22(16-28)24(26)19-9-5-3-6-10-19/h3-12,22,24,28H,13-16H2,1-2H3/t22-,24-/m1/s1. The number of para-hydroxylation sites is 1. The molecule has 3 aromatic rings. The van der Waals surface area contributed by atoms with Gasteiger partial charge in [-0.25, -0.2) is 4.68 Å². The summed E-state index contributed by atoms with van der Waals surface area (Å²) < 4.78 is 7.67. The smallest absolute Gasteiger partial charge is 0.227 e. The molecule has 1 N–H and O–H groups in total. The average Bonchev–Trinajstić information content (AvgIpc) is 3.08. The third kappa shape index (κ3) is 3.88. The first-order valence-corrected chi connectivity index (χ1v) is 10.3. The first-order valence-electron chi connectivity index (χ1n) is 10.3. The number of carbonyl (C=O) groups excluding carboxylic acids is 1. The van der Waals surface area contributed by atoms with Crippen LogP contribution in [0.15, 0.2) is 60.7 Å². The molecule has 1 aliphatic rings. The van der Waals surface area contributed by atoms with Crippen molar-refractivity contribution in [2.45, 2.75) is 32.4 Å². The van der Waals surface area contributed by atoms with Crippen molar-refractivity contribution in [2.24, 2.45) is 0 Å². The maximum Gasteiger partial charge on any atom is 0.227 e. The Kier molecular flexibility index (Phi) is 5.97. The predicted octanol–water partition coefficient (Wildman–Crippen LogP) is 2.99. The molecule has 2 atom stereocenters. The number of amides is 1. The fraction of sp³-hybridized carbons (Fsp3) is 0.333. The van der Waals surface area contributed by atoms with E-state index in [0.29, 0.717) is 13.2 Å². The molecule has 4 rings (SSSR count). The quantitative estimate of drug-likeness (QED) is 0.709. The lowest BCUT2D eigenvalue weighted by molar-refractivity contribution is -0.149. The summed E-state index contributed by atoms with van der Waals surface area (Å²) in [6, 6.07) is 19.4. The Balaban J connectivity index is 1.62. The molecule has 0 aliphatic carbocycles. The number of benzene rings is 2. The van der Waals surface area contributed by atoms with Crippen LogP contribution in [-0.4, -0.2) is 51.6 Å². The summed E-state index contributed by atoms with van der Waals surface area (Å²) in [4.78, 5) is 15.3. The molecular formula is C24H27N3O3. The molecule has 2 aromatic carbocycles. The minimum Gasteiger partial charge on any atom is -0.394 e. The van der Waals surface area contributed by atoms with E-state index in [-0.39, 0.29) is 25.0 Å². The molecule has 1 fully saturated rings. The minimum absolute atomic E-state index is 0.0180. The Labute approximate surface area is 176 Å². The van der Waals surface area contributed by atoms with E-state index in [9.17, 15) is 9.90 Å². The topological polar surface area (TPSA) is 67.6 Å². The number of nitrogens with zero attached hydrogens (tertiary/aromatic N) is 3. The molecular weight excluding hydrogens is 378 g/mol. The van der Waals surface area contributed by atoms with E-state index in [1.807, 2.05) is 84.1 Å². The maximum absolute atomic E-state index is 13.4. The third-order valence-electron chi connectivity index (χ3n) is 5.76. The van der Waals surface area contributed by atoms with Gasteiger partial charge in [-0.1, -0.05) is 48.5 Å². The van der Waals surface area contributed by atoms with E-state index in [4.69, 9.17) is 4.74 Å². The van der Waals surface area contributed by atoms with Crippen molar-refractivity contribution >= 4 is 5.91 Å². The van der Waals surface area contributed by atoms with Gasteiger partial charge in [0.1, 0.15) is 6.10 Å². The van der Waals surface area contributed by atoms with Crippen molar-refractivity contribution in [3.05, 3.63) is 83.2 Å². The first kappa shape index (κ1) is 20.3. The fourth-order valence-corrected chi connectivity index (χ4v) is 4.21. The first-order chi connectivity index (χ1) is 14.6. The Morgan fingerprint density at radius 1 is 1.10 bits per heavy atom. The summed E-state index contributed by atoms with van der Waals surface area (Å²) >= 11 is 0. The number of hydrogen-bond acceptors (Lipinski definition) is 4. The van der Waals surface area contributed by atoms with Crippen LogP contribution in [-0.2, 0) is 16.0 Å². The Bertz CT molecular complexity index is 1000. The number of aromatic nitrogens is 2. The molecule has 6 heteroatoms. The van der Waals surface area contributed by atoms with Crippen LogP contribution in [0, 0.1) is 13.8 Å². The van der Waals surface area contributed by atoms with Crippen molar-refractivity contribution < 1.29 is 14.6 Å². The molecule has 0 saturated carbocycles. The van der Waals surface area contributed by atoms with Gasteiger partial charge in [0.05, 0.1) is 37.1 Å². The zero-order valence-electron chi connectivity index (χ0n) is 17.4. The van der Waals surface area contributed by atoms with E-state index < -0.39 is 6.10 Å². The summed E-state index contributed by atoms with van der Waals surface area (Å²) in [5.41, 5.74) is 4.72. The second-order valence-corrected chi connectivity index (χ2v) is 7.61. The van der Waals surface area contributed by atoms with Crippen LogP contribution >= 0.6 is 0 Å². The van der Waals surface area contributed by atoms with Crippen LogP contribution < -0.4 is 0 Å². The van der Waals surface area contributed by atoms with Crippen LogP contribution in [0.2, 0.25) is 0 Å². The summed E-state index contributed by atoms with van der Waals surface area (Å²) in [5.74, 6) is 0.0180. The number of aryl methyl sites for hydroxylation is 1. The van der Waals surface area contributed by atoms with Gasteiger partial charge in [-0.15, -0.1) is 0 Å². The molecule has 0 bridgehead atoms. The zero-order valence-corrected chi connectivity index (χ0v) is 17.4. The predicted molar refractivity (Wildman–Crippen MR) is 114 cm³/mol. The van der Waals surface area contributed by atoms with Crippen molar-refractivity contribution in [3.8, 4) is 5.69 Å². The molecule has 1 aromatic heterocycles. The summed E-state index contributed by atoms with van der Waals surface area (Å²) in [6.07, 6.45) is -0.161. The highest BCUT2D eigenvalue weighted by Gasteiger charge is 2.36. The zero-order chi connectivity index (χ0) is 21.1. The summed E-state index contributed by atoms with van der Waals surface area (Å²) in [5, 5.41) is 14.5. The third-order valence-corrected chi connectivity index (χ3v) is 5.76. The molecule has 0 radical (unpaired) electrons. The number of rotatable bonds is 5. The highest BCUT2D eigenvalue weighted by Crippen LogP contribution is 2.30. The van der Waals surface area contributed by atoms with Crippen LogP contribution in [0.1, 0.15) is 28.6 Å². The van der Waals surface area contributed by atoms with Crippen LogP contribution in [0.3, 0.4) is 0 Å². The number of morpholine rings is 1. The largest absolute Gasteiger partial charge is 0.394 e. The number of carbonyl (C=O) groups is 1. The van der Waals surface area contributed by atoms with Gasteiger partial charge in [-0.3, -0.25) is 4.79 Å². The molecule has 30 heavy (non-hydrogen) atoms. The lowest BCUT2D eigenvalue weighted by atomic mass is 9.97. The van der Waals surface area contributed by atoms with Gasteiger partial charge in [0.15, 0.2) is 0 Å². The lowest BCUT2D eigenvalue weighted by Gasteiger charge is -2.41. The Morgan fingerprint density at radius 2 is 1.77 bits per heavy atom. The maximum atomic E-state index is 13.4. The number of aliphatic hydroxyl groups excluding tert-OH is 1. The normalized spacial score (nSPS) is 19.1. The number of ether oxygens (including phenoxy) is 1. The summed E-state index contributed by atoms with van der Waals surface area (Å²) in [7, 11) is 0. The highest BCUT2D eigenvalue weighted by molar-refractivity contribution is 5.80. The Morgan fingerprint density at radius 3 is 2.43 bits per heavy atom. The minimum atomic E-state index is -0.431. The Hall–Kier alpha value is -2.96. The van der Waals surface area contributed by atoms with E-state index in [0.717, 1.165) is 28.2 Å². The van der Waals surface area contributed by atoms with Crippen molar-refractivity contribution in [2.75, 3.05) is 19.8 Å². The second kappa shape index (κ2) is 8.81. The van der Waals surface area contributed by atoms with Gasteiger partial charge in [0.25, 0.3) is 0 Å². The molecule has 0 unspecified atom stereocenters. The van der Waals surface area contributed by atoms with Gasteiger partial charge >= 0.3 is 0 Å². The molecule has 1 amide bonds. The molecule has 1 saturated heterocycles. The van der Waals surface area contributed by atoms with E-state index in [1.165, 1.54) is 0 Å². The molecule has 2 heterocycles. The molecule has 1 aliphatic heterocycles. The summed E-state index contributed by atoms with van der Waals surface area (Å²) in [6.45, 7) is 4.73. The van der Waals surface area contributed by atoms with E-state index in [1.54, 1.807) is 0 Å². The van der Waals surface area contributed by atoms with Crippen molar-refractivity contribution in [1.82, 2.24) is 14.7 Å². The second-order valence-electron chi connectivity index (χ2n) is 7.61. The SMILES string of the molecule is Cc1nn(-c2ccccc2)c(C)c1CC(=O)N1CCO[C@H](CO)[C@H]1c1ccccc1. The molecule has 156 valence electrons. The monoisotopic (exact) mass is 405 g/mol. The fourth-order valence-electron chi connectivity index (χ4n) is 4.21. The average molecular weight is 405 g/mol.